The van der Waals surface area contributed by atoms with E-state index in [-0.39, 0.29) is 7.42 Å². The molecule has 29 heavy (non-hydrogen) atoms. The SMILES string of the molecule is CS(=O)(=O)Nc1nc(N(S(C)(=O)=O)S(C)(=O)=O)nc(N(S(C)(=O)=O)S(C)(=O)=O)n1. The second-order valence-electron chi connectivity index (χ2n) is 5.58. The van der Waals surface area contributed by atoms with Gasteiger partial charge in [-0.3, -0.25) is 4.72 Å². The monoisotopic (exact) mass is 516 g/mol. The largest absolute Gasteiger partial charge is 0.260 e. The van der Waals surface area contributed by atoms with Gasteiger partial charge in [-0.1, -0.05) is 0 Å². The molecular formula is C8H16N6O10S5. The van der Waals surface area contributed by atoms with Crippen LogP contribution in [0.4, 0.5) is 17.8 Å². The first-order valence-electron chi connectivity index (χ1n) is 6.68. The van der Waals surface area contributed by atoms with Crippen LogP contribution in [0.25, 0.3) is 0 Å². The van der Waals surface area contributed by atoms with E-state index in [1.165, 1.54) is 0 Å². The first-order valence-corrected chi connectivity index (χ1v) is 16.0. The van der Waals surface area contributed by atoms with Crippen LogP contribution in [-0.2, 0) is 50.1 Å². The summed E-state index contributed by atoms with van der Waals surface area (Å²) in [6.07, 6.45) is 2.36. The highest BCUT2D eigenvalue weighted by Crippen LogP contribution is 2.24. The summed E-state index contributed by atoms with van der Waals surface area (Å²) in [6, 6.07) is 0. The van der Waals surface area contributed by atoms with Crippen LogP contribution in [0.3, 0.4) is 0 Å². The summed E-state index contributed by atoms with van der Waals surface area (Å²) in [4.78, 5) is 9.98. The zero-order chi connectivity index (χ0) is 23.2. The molecule has 0 unspecified atom stereocenters. The van der Waals surface area contributed by atoms with Crippen molar-refractivity contribution in [2.75, 3.05) is 43.4 Å². The van der Waals surface area contributed by atoms with Crippen molar-refractivity contribution >= 4 is 68.0 Å². The highest BCUT2D eigenvalue weighted by molar-refractivity contribution is 8.10. The lowest BCUT2D eigenvalue weighted by Crippen LogP contribution is -2.39. The molecule has 0 bridgehead atoms. The van der Waals surface area contributed by atoms with Crippen molar-refractivity contribution in [2.45, 2.75) is 0 Å². The lowest BCUT2D eigenvalue weighted by atomic mass is 10.8. The third-order valence-electron chi connectivity index (χ3n) is 2.42. The van der Waals surface area contributed by atoms with Crippen molar-refractivity contribution in [1.82, 2.24) is 15.0 Å². The zero-order valence-corrected chi connectivity index (χ0v) is 19.4. The summed E-state index contributed by atoms with van der Waals surface area (Å²) >= 11 is 0. The average Bonchev–Trinajstić information content (AvgIpc) is 2.27. The molecule has 0 aliphatic carbocycles. The van der Waals surface area contributed by atoms with Crippen molar-refractivity contribution in [1.29, 1.82) is 0 Å². The Balaban J connectivity index is 4.09. The average molecular weight is 517 g/mol. The number of nitrogens with one attached hydrogen (secondary N) is 1. The Hall–Kier alpha value is -1.84. The number of anilines is 3. The van der Waals surface area contributed by atoms with E-state index in [9.17, 15) is 42.1 Å². The van der Waals surface area contributed by atoms with E-state index in [2.05, 4.69) is 15.0 Å². The molecule has 1 aromatic rings. The van der Waals surface area contributed by atoms with Gasteiger partial charge in [0.25, 0.3) is 11.9 Å². The van der Waals surface area contributed by atoms with Gasteiger partial charge in [0, 0.05) is 0 Å². The molecule has 0 aliphatic heterocycles. The molecule has 0 aliphatic rings. The summed E-state index contributed by atoms with van der Waals surface area (Å²) in [7, 11) is -22.7. The van der Waals surface area contributed by atoms with Gasteiger partial charge in [-0.05, 0) is 0 Å². The van der Waals surface area contributed by atoms with Gasteiger partial charge in [0.2, 0.25) is 56.1 Å². The lowest BCUT2D eigenvalue weighted by molar-refractivity contribution is 0.587. The van der Waals surface area contributed by atoms with Crippen LogP contribution in [0, 0.1) is 0 Å². The third kappa shape index (κ3) is 6.87. The van der Waals surface area contributed by atoms with Gasteiger partial charge < -0.3 is 0 Å². The Labute approximate surface area is 168 Å². The van der Waals surface area contributed by atoms with E-state index >= 15 is 0 Å². The molecule has 0 fully saturated rings. The number of hydrogen-bond acceptors (Lipinski definition) is 13. The second-order valence-corrected chi connectivity index (χ2v) is 15.1. The van der Waals surface area contributed by atoms with Crippen LogP contribution >= 0.6 is 0 Å². The molecule has 0 saturated carbocycles. The van der Waals surface area contributed by atoms with Gasteiger partial charge in [-0.25, -0.2) is 42.1 Å². The predicted octanol–water partition coefficient (Wildman–Crippen LogP) is -3.31. The maximum atomic E-state index is 11.9. The number of hydrogen-bond donors (Lipinski definition) is 1. The Kier molecular flexibility index (Phi) is 6.47. The first-order chi connectivity index (χ1) is 12.5. The van der Waals surface area contributed by atoms with E-state index in [1.807, 2.05) is 0 Å². The van der Waals surface area contributed by atoms with Gasteiger partial charge in [0.05, 0.1) is 31.3 Å². The van der Waals surface area contributed by atoms with Crippen LogP contribution in [0.1, 0.15) is 0 Å². The fourth-order valence-corrected chi connectivity index (χ4v) is 7.68. The fraction of sp³-hybridized carbons (Fsp3) is 0.625. The minimum atomic E-state index is -4.65. The van der Waals surface area contributed by atoms with Crippen LogP contribution in [0.2, 0.25) is 0 Å². The molecule has 0 spiro atoms. The molecule has 0 radical (unpaired) electrons. The molecule has 0 atom stereocenters. The van der Waals surface area contributed by atoms with E-state index in [1.54, 1.807) is 4.72 Å². The molecule has 1 heterocycles. The Morgan fingerprint density at radius 3 is 1.03 bits per heavy atom. The normalized spacial score (nSPS) is 13.7. The molecule has 16 nitrogen and oxygen atoms in total. The molecular weight excluding hydrogens is 500 g/mol. The van der Waals surface area contributed by atoms with Crippen LogP contribution in [0.5, 0.6) is 0 Å². The predicted molar refractivity (Wildman–Crippen MR) is 103 cm³/mol. The molecule has 1 rings (SSSR count). The van der Waals surface area contributed by atoms with E-state index in [0.717, 1.165) is 0 Å². The van der Waals surface area contributed by atoms with E-state index in [0.29, 0.717) is 31.3 Å². The zero-order valence-electron chi connectivity index (χ0n) is 15.4. The van der Waals surface area contributed by atoms with Crippen molar-refractivity contribution in [2.24, 2.45) is 0 Å². The fourth-order valence-electron chi connectivity index (χ4n) is 1.81. The summed E-state index contributed by atoms with van der Waals surface area (Å²) in [5, 5.41) is 0. The Morgan fingerprint density at radius 2 is 0.828 bits per heavy atom. The first kappa shape index (κ1) is 25.2. The topological polar surface area (TPSA) is 228 Å². The number of nitrogens with zero attached hydrogens (tertiary/aromatic N) is 5. The minimum absolute atomic E-state index is 0.360. The maximum absolute atomic E-state index is 11.9. The van der Waals surface area contributed by atoms with Gasteiger partial charge in [-0.15, -0.1) is 7.42 Å². The molecule has 0 amide bonds. The smallest absolute Gasteiger partial charge is 0.251 e. The number of sulfonamides is 5. The van der Waals surface area contributed by atoms with E-state index in [4.69, 9.17) is 0 Å². The highest BCUT2D eigenvalue weighted by Gasteiger charge is 2.35. The molecule has 1 aromatic heterocycles. The molecule has 0 aromatic carbocycles. The molecule has 168 valence electrons. The van der Waals surface area contributed by atoms with Crippen LogP contribution < -0.4 is 12.1 Å². The quantitative estimate of drug-likeness (QED) is 0.357. The maximum Gasteiger partial charge on any atom is 0.260 e. The lowest BCUT2D eigenvalue weighted by Gasteiger charge is -2.21. The molecule has 1 N–H and O–H groups in total. The summed E-state index contributed by atoms with van der Waals surface area (Å²) in [5.74, 6) is -3.59. The molecule has 21 heteroatoms. The number of rotatable bonds is 8. The van der Waals surface area contributed by atoms with Crippen LogP contribution in [0.15, 0.2) is 0 Å². The van der Waals surface area contributed by atoms with Crippen molar-refractivity contribution in [3.63, 3.8) is 0 Å². The summed E-state index contributed by atoms with van der Waals surface area (Å²) < 4.78 is 119. The van der Waals surface area contributed by atoms with Gasteiger partial charge in [-0.2, -0.15) is 15.0 Å². The third-order valence-corrected chi connectivity index (χ3v) is 9.29. The standard InChI is InChI=1S/C8H16N6O10S5/c1-25(15,16)12-6-9-7(13(26(2,17)18)27(3,19)20)11-8(10-6)14(28(4,21)22)29(5,23)24/h1-5H3,(H,9,10,11,12). The Morgan fingerprint density at radius 1 is 0.552 bits per heavy atom. The van der Waals surface area contributed by atoms with Gasteiger partial charge >= 0.3 is 0 Å². The van der Waals surface area contributed by atoms with Gasteiger partial charge in [0.1, 0.15) is 0 Å². The summed E-state index contributed by atoms with van der Waals surface area (Å²) in [6.45, 7) is 0. The second kappa shape index (κ2) is 7.45. The summed E-state index contributed by atoms with van der Waals surface area (Å²) in [5.41, 5.74) is 0. The molecule has 0 saturated heterocycles. The highest BCUT2D eigenvalue weighted by atomic mass is 32.3. The minimum Gasteiger partial charge on any atom is -0.251 e. The van der Waals surface area contributed by atoms with Crippen molar-refractivity contribution in [3.05, 3.63) is 0 Å². The Bertz CT molecular complexity index is 1200. The van der Waals surface area contributed by atoms with E-state index < -0.39 is 68.0 Å². The van der Waals surface area contributed by atoms with Gasteiger partial charge in [0.15, 0.2) is 0 Å². The van der Waals surface area contributed by atoms with Crippen molar-refractivity contribution in [3.8, 4) is 0 Å². The van der Waals surface area contributed by atoms with Crippen molar-refractivity contribution < 1.29 is 42.1 Å². The number of aromatic nitrogens is 3. The van der Waals surface area contributed by atoms with Crippen LogP contribution in [-0.4, -0.2) is 88.3 Å².